The third-order valence-electron chi connectivity index (χ3n) is 4.99. The molecule has 0 aliphatic carbocycles. The van der Waals surface area contributed by atoms with E-state index in [9.17, 15) is 9.59 Å². The van der Waals surface area contributed by atoms with E-state index in [0.29, 0.717) is 29.1 Å². The summed E-state index contributed by atoms with van der Waals surface area (Å²) < 4.78 is 6.84. The molecule has 4 aromatic rings. The Morgan fingerprint density at radius 2 is 1.69 bits per heavy atom. The van der Waals surface area contributed by atoms with Gasteiger partial charge in [-0.05, 0) is 35.4 Å². The molecule has 1 heterocycles. The molecule has 7 heteroatoms. The number of amides is 1. The third-order valence-corrected chi connectivity index (χ3v) is 5.97. The molecule has 0 atom stereocenters. The fraction of sp³-hybridized carbons (Fsp3) is 0.160. The normalized spacial score (nSPS) is 10.8. The van der Waals surface area contributed by atoms with Gasteiger partial charge in [0.05, 0.1) is 30.3 Å². The first-order valence-corrected chi connectivity index (χ1v) is 11.2. The van der Waals surface area contributed by atoms with Crippen LogP contribution in [0.3, 0.4) is 0 Å². The lowest BCUT2D eigenvalue weighted by Crippen LogP contribution is -2.27. The highest BCUT2D eigenvalue weighted by molar-refractivity contribution is 7.99. The van der Waals surface area contributed by atoms with Crippen molar-refractivity contribution in [3.8, 4) is 5.75 Å². The van der Waals surface area contributed by atoms with E-state index in [-0.39, 0.29) is 17.2 Å². The molecule has 1 amide bonds. The number of hydrogen-bond acceptors (Lipinski definition) is 5. The Kier molecular flexibility index (Phi) is 6.87. The number of nitrogens with zero attached hydrogens (tertiary/aromatic N) is 2. The molecule has 0 bridgehead atoms. The van der Waals surface area contributed by atoms with Gasteiger partial charge in [-0.2, -0.15) is 0 Å². The second kappa shape index (κ2) is 10.2. The fourth-order valence-electron chi connectivity index (χ4n) is 3.29. The molecule has 1 N–H and O–H groups in total. The van der Waals surface area contributed by atoms with Gasteiger partial charge in [0, 0.05) is 6.54 Å². The van der Waals surface area contributed by atoms with Crippen LogP contribution in [0, 0.1) is 0 Å². The second-order valence-electron chi connectivity index (χ2n) is 7.20. The minimum atomic E-state index is -0.126. The summed E-state index contributed by atoms with van der Waals surface area (Å²) in [5.74, 6) is 0.805. The summed E-state index contributed by atoms with van der Waals surface area (Å²) in [6.07, 6.45) is 0. The topological polar surface area (TPSA) is 73.2 Å². The highest BCUT2D eigenvalue weighted by Crippen LogP contribution is 2.20. The number of nitrogens with one attached hydrogen (secondary N) is 1. The first-order valence-electron chi connectivity index (χ1n) is 10.2. The van der Waals surface area contributed by atoms with Gasteiger partial charge in [0.15, 0.2) is 5.16 Å². The number of methoxy groups -OCH3 is 1. The molecule has 0 spiro atoms. The number of fused-ring (bicyclic) bond motifs is 1. The minimum Gasteiger partial charge on any atom is -0.497 e. The maximum atomic E-state index is 13.2. The van der Waals surface area contributed by atoms with Crippen LogP contribution < -0.4 is 15.6 Å². The fourth-order valence-corrected chi connectivity index (χ4v) is 4.12. The number of ether oxygens (including phenoxy) is 1. The Hall–Kier alpha value is -3.58. The third kappa shape index (κ3) is 5.18. The molecule has 0 aliphatic heterocycles. The molecule has 0 unspecified atom stereocenters. The number of benzene rings is 3. The van der Waals surface area contributed by atoms with Crippen molar-refractivity contribution < 1.29 is 9.53 Å². The van der Waals surface area contributed by atoms with Crippen molar-refractivity contribution in [2.45, 2.75) is 18.2 Å². The predicted octanol–water partition coefficient (Wildman–Crippen LogP) is 3.86. The van der Waals surface area contributed by atoms with E-state index >= 15 is 0 Å². The van der Waals surface area contributed by atoms with Crippen LogP contribution in [0.25, 0.3) is 10.9 Å². The lowest BCUT2D eigenvalue weighted by Gasteiger charge is -2.13. The summed E-state index contributed by atoms with van der Waals surface area (Å²) >= 11 is 1.26. The molecule has 0 radical (unpaired) electrons. The SMILES string of the molecule is COc1ccc(Cn2c(SCC(=O)NCc3ccccc3)nc3ccccc3c2=O)cc1. The summed E-state index contributed by atoms with van der Waals surface area (Å²) in [5, 5.41) is 3.98. The van der Waals surface area contributed by atoms with E-state index in [0.717, 1.165) is 16.9 Å². The van der Waals surface area contributed by atoms with E-state index in [2.05, 4.69) is 10.3 Å². The van der Waals surface area contributed by atoms with Crippen molar-refractivity contribution in [1.29, 1.82) is 0 Å². The van der Waals surface area contributed by atoms with E-state index in [4.69, 9.17) is 4.74 Å². The van der Waals surface area contributed by atoms with Gasteiger partial charge in [-0.25, -0.2) is 4.98 Å². The average Bonchev–Trinajstić information content (AvgIpc) is 2.84. The molecule has 0 fully saturated rings. The van der Waals surface area contributed by atoms with Crippen molar-refractivity contribution in [1.82, 2.24) is 14.9 Å². The van der Waals surface area contributed by atoms with Crippen molar-refractivity contribution in [3.63, 3.8) is 0 Å². The van der Waals surface area contributed by atoms with Crippen LogP contribution in [-0.4, -0.2) is 28.3 Å². The largest absolute Gasteiger partial charge is 0.497 e. The van der Waals surface area contributed by atoms with Gasteiger partial charge in [0.2, 0.25) is 5.91 Å². The molecule has 0 saturated heterocycles. The van der Waals surface area contributed by atoms with Gasteiger partial charge in [0.1, 0.15) is 5.75 Å². The van der Waals surface area contributed by atoms with Crippen molar-refractivity contribution in [3.05, 3.63) is 100 Å². The van der Waals surface area contributed by atoms with Gasteiger partial charge in [0.25, 0.3) is 5.56 Å². The molecular formula is C25H23N3O3S. The summed E-state index contributed by atoms with van der Waals surface area (Å²) in [4.78, 5) is 30.3. The molecule has 32 heavy (non-hydrogen) atoms. The average molecular weight is 446 g/mol. The van der Waals surface area contributed by atoms with Gasteiger partial charge < -0.3 is 10.1 Å². The molecule has 0 aliphatic rings. The van der Waals surface area contributed by atoms with Crippen molar-refractivity contribution >= 4 is 28.6 Å². The number of para-hydroxylation sites is 1. The van der Waals surface area contributed by atoms with Crippen LogP contribution in [0.15, 0.2) is 88.8 Å². The van der Waals surface area contributed by atoms with Gasteiger partial charge in [-0.3, -0.25) is 14.2 Å². The van der Waals surface area contributed by atoms with Gasteiger partial charge >= 0.3 is 0 Å². The van der Waals surface area contributed by atoms with Crippen molar-refractivity contribution in [2.75, 3.05) is 12.9 Å². The van der Waals surface area contributed by atoms with Crippen LogP contribution in [-0.2, 0) is 17.9 Å². The number of carbonyl (C=O) groups excluding carboxylic acids is 1. The summed E-state index contributed by atoms with van der Waals surface area (Å²) in [6, 6.07) is 24.6. The number of rotatable bonds is 8. The zero-order chi connectivity index (χ0) is 22.3. The molecule has 4 rings (SSSR count). The molecule has 6 nitrogen and oxygen atoms in total. The quantitative estimate of drug-likeness (QED) is 0.329. The molecular weight excluding hydrogens is 422 g/mol. The zero-order valence-corrected chi connectivity index (χ0v) is 18.5. The number of aromatic nitrogens is 2. The maximum absolute atomic E-state index is 13.2. The second-order valence-corrected chi connectivity index (χ2v) is 8.14. The Morgan fingerprint density at radius 3 is 2.44 bits per heavy atom. The number of hydrogen-bond donors (Lipinski definition) is 1. The zero-order valence-electron chi connectivity index (χ0n) is 17.7. The molecule has 0 saturated carbocycles. The molecule has 1 aromatic heterocycles. The predicted molar refractivity (Wildman–Crippen MR) is 127 cm³/mol. The smallest absolute Gasteiger partial charge is 0.262 e. The summed E-state index contributed by atoms with van der Waals surface area (Å²) in [5.41, 5.74) is 2.47. The van der Waals surface area contributed by atoms with E-state index < -0.39 is 0 Å². The maximum Gasteiger partial charge on any atom is 0.262 e. The Labute approximate surface area is 190 Å². The summed E-state index contributed by atoms with van der Waals surface area (Å²) in [6.45, 7) is 0.818. The first-order chi connectivity index (χ1) is 15.6. The Bertz CT molecular complexity index is 1270. The van der Waals surface area contributed by atoms with Crippen molar-refractivity contribution in [2.24, 2.45) is 0 Å². The van der Waals surface area contributed by atoms with Crippen LogP contribution >= 0.6 is 11.8 Å². The van der Waals surface area contributed by atoms with Crippen LogP contribution in [0.1, 0.15) is 11.1 Å². The highest BCUT2D eigenvalue weighted by Gasteiger charge is 2.14. The number of carbonyl (C=O) groups is 1. The van der Waals surface area contributed by atoms with E-state index in [1.54, 1.807) is 17.7 Å². The minimum absolute atomic E-state index is 0.114. The lowest BCUT2D eigenvalue weighted by atomic mass is 10.2. The summed E-state index contributed by atoms with van der Waals surface area (Å²) in [7, 11) is 1.62. The Morgan fingerprint density at radius 1 is 0.969 bits per heavy atom. The highest BCUT2D eigenvalue weighted by atomic mass is 32.2. The van der Waals surface area contributed by atoms with E-state index in [1.807, 2.05) is 72.8 Å². The standard InChI is InChI=1S/C25H23N3O3S/c1-31-20-13-11-19(12-14-20)16-28-24(30)21-9-5-6-10-22(21)27-25(28)32-17-23(29)26-15-18-7-3-2-4-8-18/h2-14H,15-17H2,1H3,(H,26,29). The van der Waals surface area contributed by atoms with Crippen LogP contribution in [0.4, 0.5) is 0 Å². The van der Waals surface area contributed by atoms with Gasteiger partial charge in [-0.1, -0.05) is 66.4 Å². The van der Waals surface area contributed by atoms with Crippen LogP contribution in [0.2, 0.25) is 0 Å². The van der Waals surface area contributed by atoms with Gasteiger partial charge in [-0.15, -0.1) is 0 Å². The molecule has 162 valence electrons. The monoisotopic (exact) mass is 445 g/mol. The van der Waals surface area contributed by atoms with Crippen LogP contribution in [0.5, 0.6) is 5.75 Å². The van der Waals surface area contributed by atoms with E-state index in [1.165, 1.54) is 11.8 Å². The number of thioether (sulfide) groups is 1. The Balaban J connectivity index is 1.55. The first kappa shape index (κ1) is 21.6. The lowest BCUT2D eigenvalue weighted by molar-refractivity contribution is -0.118. The molecule has 3 aromatic carbocycles.